The molecule has 0 saturated heterocycles. The summed E-state index contributed by atoms with van der Waals surface area (Å²) in [6.45, 7) is 2.42. The molecule has 0 radical (unpaired) electrons. The van der Waals surface area contributed by atoms with Gasteiger partial charge in [0, 0.05) is 5.56 Å². The van der Waals surface area contributed by atoms with Crippen molar-refractivity contribution in [1.29, 1.82) is 0 Å². The molecule has 0 bridgehead atoms. The molecule has 140 valence electrons. The predicted octanol–water partition coefficient (Wildman–Crippen LogP) is 4.59. The van der Waals surface area contributed by atoms with Crippen LogP contribution in [0.25, 0.3) is 16.8 Å². The Kier molecular flexibility index (Phi) is 4.81. The van der Waals surface area contributed by atoms with E-state index >= 15 is 0 Å². The van der Waals surface area contributed by atoms with Gasteiger partial charge < -0.3 is 14.2 Å². The molecule has 0 unspecified atom stereocenters. The Morgan fingerprint density at radius 2 is 1.82 bits per heavy atom. The fourth-order valence-corrected chi connectivity index (χ4v) is 3.06. The second-order valence-corrected chi connectivity index (χ2v) is 6.24. The minimum atomic E-state index is -0.475. The molecule has 5 nitrogen and oxygen atoms in total. The predicted molar refractivity (Wildman–Crippen MR) is 109 cm³/mol. The van der Waals surface area contributed by atoms with E-state index in [-0.39, 0.29) is 5.70 Å². The molecule has 1 heterocycles. The van der Waals surface area contributed by atoms with Crippen LogP contribution in [-0.2, 0) is 9.53 Å². The summed E-state index contributed by atoms with van der Waals surface area (Å²) >= 11 is 0. The summed E-state index contributed by atoms with van der Waals surface area (Å²) in [7, 11) is 1.59. The third kappa shape index (κ3) is 3.47. The molecule has 0 fully saturated rings. The van der Waals surface area contributed by atoms with E-state index in [0.717, 1.165) is 21.9 Å². The second-order valence-electron chi connectivity index (χ2n) is 6.24. The van der Waals surface area contributed by atoms with Gasteiger partial charge in [-0.2, -0.15) is 0 Å². The topological polar surface area (TPSA) is 57.1 Å². The summed E-state index contributed by atoms with van der Waals surface area (Å²) in [4.78, 5) is 16.7. The second kappa shape index (κ2) is 7.56. The monoisotopic (exact) mass is 373 g/mol. The number of carbonyl (C=O) groups excluding carboxylic acids is 1. The van der Waals surface area contributed by atoms with Gasteiger partial charge >= 0.3 is 5.97 Å². The van der Waals surface area contributed by atoms with Crippen LogP contribution in [0.1, 0.15) is 18.1 Å². The lowest BCUT2D eigenvalue weighted by Gasteiger charge is -2.09. The summed E-state index contributed by atoms with van der Waals surface area (Å²) in [5.41, 5.74) is 1.79. The van der Waals surface area contributed by atoms with Gasteiger partial charge in [-0.25, -0.2) is 9.79 Å². The normalized spacial score (nSPS) is 14.9. The number of fused-ring (bicyclic) bond motifs is 1. The first kappa shape index (κ1) is 17.8. The molecule has 28 heavy (non-hydrogen) atoms. The molecule has 3 aromatic rings. The third-order valence-corrected chi connectivity index (χ3v) is 4.41. The summed E-state index contributed by atoms with van der Waals surface area (Å²) in [5.74, 6) is 1.08. The van der Waals surface area contributed by atoms with Gasteiger partial charge in [0.2, 0.25) is 5.90 Å². The number of ether oxygens (including phenoxy) is 3. The van der Waals surface area contributed by atoms with Crippen LogP contribution in [0.15, 0.2) is 71.4 Å². The Morgan fingerprint density at radius 1 is 1.00 bits per heavy atom. The quantitative estimate of drug-likeness (QED) is 0.485. The van der Waals surface area contributed by atoms with Crippen LogP contribution in [-0.4, -0.2) is 25.6 Å². The van der Waals surface area contributed by atoms with Crippen molar-refractivity contribution in [2.75, 3.05) is 13.7 Å². The number of nitrogens with zero attached hydrogens (tertiary/aromatic N) is 1. The average Bonchev–Trinajstić information content (AvgIpc) is 3.08. The van der Waals surface area contributed by atoms with E-state index in [9.17, 15) is 4.79 Å². The lowest BCUT2D eigenvalue weighted by molar-refractivity contribution is -0.129. The molecule has 1 aliphatic heterocycles. The molecule has 3 aromatic carbocycles. The molecule has 0 saturated carbocycles. The minimum absolute atomic E-state index is 0.246. The van der Waals surface area contributed by atoms with Crippen molar-refractivity contribution in [3.63, 3.8) is 0 Å². The van der Waals surface area contributed by atoms with Crippen molar-refractivity contribution in [2.24, 2.45) is 4.99 Å². The number of hydrogen-bond acceptors (Lipinski definition) is 5. The SMILES string of the molecule is CCOc1cc(/C=C2\N=C(c3ccc4ccccc4c3)OC2=O)ccc1OC. The maximum absolute atomic E-state index is 12.3. The number of benzene rings is 3. The highest BCUT2D eigenvalue weighted by Gasteiger charge is 2.24. The fourth-order valence-electron chi connectivity index (χ4n) is 3.06. The van der Waals surface area contributed by atoms with Gasteiger partial charge in [0.25, 0.3) is 0 Å². The van der Waals surface area contributed by atoms with Crippen LogP contribution < -0.4 is 9.47 Å². The van der Waals surface area contributed by atoms with Gasteiger partial charge in [-0.1, -0.05) is 36.4 Å². The molecule has 4 rings (SSSR count). The number of aliphatic imine (C=N–C) groups is 1. The molecule has 0 atom stereocenters. The molecule has 0 spiro atoms. The molecule has 0 aromatic heterocycles. The Balaban J connectivity index is 1.67. The molecule has 5 heteroatoms. The molecular formula is C23H19NO4. The van der Waals surface area contributed by atoms with E-state index in [1.807, 2.05) is 61.5 Å². The summed E-state index contributed by atoms with van der Waals surface area (Å²) in [5, 5.41) is 2.18. The van der Waals surface area contributed by atoms with E-state index in [2.05, 4.69) is 4.99 Å². The summed E-state index contributed by atoms with van der Waals surface area (Å²) in [6.07, 6.45) is 1.68. The molecular weight excluding hydrogens is 354 g/mol. The van der Waals surface area contributed by atoms with E-state index in [1.165, 1.54) is 0 Å². The van der Waals surface area contributed by atoms with Crippen LogP contribution >= 0.6 is 0 Å². The van der Waals surface area contributed by atoms with Gasteiger partial charge in [-0.15, -0.1) is 0 Å². The Morgan fingerprint density at radius 3 is 2.61 bits per heavy atom. The molecule has 0 N–H and O–H groups in total. The summed E-state index contributed by atoms with van der Waals surface area (Å²) < 4.78 is 16.3. The van der Waals surface area contributed by atoms with Crippen molar-refractivity contribution in [1.82, 2.24) is 0 Å². The number of hydrogen-bond donors (Lipinski definition) is 0. The van der Waals surface area contributed by atoms with Gasteiger partial charge in [0.1, 0.15) is 0 Å². The van der Waals surface area contributed by atoms with Crippen molar-refractivity contribution < 1.29 is 19.0 Å². The standard InChI is InChI=1S/C23H19NO4/c1-3-27-21-13-15(8-11-20(21)26-2)12-19-23(25)28-22(24-19)18-10-9-16-6-4-5-7-17(16)14-18/h4-14H,3H2,1-2H3/b19-12-. The van der Waals surface area contributed by atoms with Gasteiger partial charge in [0.15, 0.2) is 17.2 Å². The Hall–Kier alpha value is -3.60. The molecule has 0 amide bonds. The number of methoxy groups -OCH3 is 1. The zero-order valence-electron chi connectivity index (χ0n) is 15.6. The zero-order chi connectivity index (χ0) is 19.5. The zero-order valence-corrected chi connectivity index (χ0v) is 15.6. The van der Waals surface area contributed by atoms with Crippen LogP contribution in [0, 0.1) is 0 Å². The number of cyclic esters (lactones) is 1. The first-order valence-corrected chi connectivity index (χ1v) is 9.00. The van der Waals surface area contributed by atoms with Gasteiger partial charge in [-0.05, 0) is 53.6 Å². The van der Waals surface area contributed by atoms with Crippen LogP contribution in [0.5, 0.6) is 11.5 Å². The average molecular weight is 373 g/mol. The third-order valence-electron chi connectivity index (χ3n) is 4.41. The fraction of sp³-hybridized carbons (Fsp3) is 0.130. The first-order valence-electron chi connectivity index (χ1n) is 9.00. The highest BCUT2D eigenvalue weighted by atomic mass is 16.6. The largest absolute Gasteiger partial charge is 0.493 e. The number of rotatable bonds is 5. The Bertz CT molecular complexity index is 1110. The maximum atomic E-state index is 12.3. The van der Waals surface area contributed by atoms with Crippen LogP contribution in [0.4, 0.5) is 0 Å². The lowest BCUT2D eigenvalue weighted by Crippen LogP contribution is -2.05. The van der Waals surface area contributed by atoms with Crippen molar-refractivity contribution in [3.8, 4) is 11.5 Å². The first-order chi connectivity index (χ1) is 13.7. The van der Waals surface area contributed by atoms with Crippen molar-refractivity contribution in [2.45, 2.75) is 6.92 Å². The van der Waals surface area contributed by atoms with Crippen molar-refractivity contribution >= 4 is 28.7 Å². The molecule has 1 aliphatic rings. The highest BCUT2D eigenvalue weighted by molar-refractivity contribution is 6.13. The van der Waals surface area contributed by atoms with Crippen LogP contribution in [0.3, 0.4) is 0 Å². The van der Waals surface area contributed by atoms with E-state index in [4.69, 9.17) is 14.2 Å². The lowest BCUT2D eigenvalue weighted by atomic mass is 10.1. The Labute approximate surface area is 162 Å². The van der Waals surface area contributed by atoms with Gasteiger partial charge in [0.05, 0.1) is 13.7 Å². The highest BCUT2D eigenvalue weighted by Crippen LogP contribution is 2.30. The number of carbonyl (C=O) groups is 1. The minimum Gasteiger partial charge on any atom is -0.493 e. The molecule has 0 aliphatic carbocycles. The summed E-state index contributed by atoms with van der Waals surface area (Å²) in [6, 6.07) is 19.3. The van der Waals surface area contributed by atoms with Crippen molar-refractivity contribution in [3.05, 3.63) is 77.5 Å². The smallest absolute Gasteiger partial charge is 0.363 e. The van der Waals surface area contributed by atoms with Crippen LogP contribution in [0.2, 0.25) is 0 Å². The maximum Gasteiger partial charge on any atom is 0.363 e. The number of esters is 1. The van der Waals surface area contributed by atoms with E-state index in [1.54, 1.807) is 19.3 Å². The van der Waals surface area contributed by atoms with E-state index < -0.39 is 5.97 Å². The van der Waals surface area contributed by atoms with Gasteiger partial charge in [-0.3, -0.25) is 0 Å². The van der Waals surface area contributed by atoms with E-state index in [0.29, 0.717) is 24.0 Å².